The summed E-state index contributed by atoms with van der Waals surface area (Å²) in [6.07, 6.45) is 2.90. The lowest BCUT2D eigenvalue weighted by Crippen LogP contribution is -2.41. The number of nitrogens with zero attached hydrogens (tertiary/aromatic N) is 1. The Balaban J connectivity index is 1.34. The van der Waals surface area contributed by atoms with Crippen molar-refractivity contribution >= 4 is 22.6 Å². The summed E-state index contributed by atoms with van der Waals surface area (Å²) in [5, 5.41) is 11.8. The molecular weight excluding hydrogens is 352 g/mol. The number of hydrogen-bond acceptors (Lipinski definition) is 3. The van der Waals surface area contributed by atoms with E-state index in [1.54, 1.807) is 0 Å². The summed E-state index contributed by atoms with van der Waals surface area (Å²) in [5.41, 5.74) is 0. The number of benzene rings is 2. The number of ether oxygens (including phenoxy) is 1. The molecule has 0 saturated heterocycles. The highest BCUT2D eigenvalue weighted by Gasteiger charge is 2.28. The first-order valence-electron chi connectivity index (χ1n) is 10.2. The number of nitrogens with one attached hydrogen (secondary N) is 3. The van der Waals surface area contributed by atoms with Crippen LogP contribution in [0.3, 0.4) is 0 Å². The number of carbonyl (C=O) groups excluding carboxylic acids is 1. The third-order valence-corrected chi connectivity index (χ3v) is 4.57. The van der Waals surface area contributed by atoms with Gasteiger partial charge in [0.25, 0.3) is 0 Å². The molecule has 1 aliphatic carbocycles. The van der Waals surface area contributed by atoms with Crippen LogP contribution < -0.4 is 20.7 Å². The zero-order valence-electron chi connectivity index (χ0n) is 16.5. The molecule has 6 nitrogen and oxygen atoms in total. The molecule has 0 heterocycles. The molecule has 0 bridgehead atoms. The van der Waals surface area contributed by atoms with E-state index in [1.807, 2.05) is 25.1 Å². The maximum Gasteiger partial charge on any atom is 0.223 e. The van der Waals surface area contributed by atoms with Crippen LogP contribution in [-0.4, -0.2) is 44.7 Å². The number of fused-ring (bicyclic) bond motifs is 1. The van der Waals surface area contributed by atoms with Gasteiger partial charge in [-0.15, -0.1) is 0 Å². The van der Waals surface area contributed by atoms with Crippen LogP contribution in [0.15, 0.2) is 47.5 Å². The van der Waals surface area contributed by atoms with Crippen LogP contribution in [0.25, 0.3) is 10.8 Å². The molecule has 1 fully saturated rings. The molecule has 0 spiro atoms. The molecule has 28 heavy (non-hydrogen) atoms. The zero-order chi connectivity index (χ0) is 19.6. The molecule has 3 rings (SSSR count). The molecule has 0 radical (unpaired) electrons. The van der Waals surface area contributed by atoms with Gasteiger partial charge in [0.05, 0.1) is 6.61 Å². The summed E-state index contributed by atoms with van der Waals surface area (Å²) >= 11 is 0. The quantitative estimate of drug-likeness (QED) is 0.336. The van der Waals surface area contributed by atoms with Gasteiger partial charge in [0, 0.05) is 38.5 Å². The van der Waals surface area contributed by atoms with Crippen LogP contribution in [-0.2, 0) is 4.79 Å². The molecule has 150 valence electrons. The summed E-state index contributed by atoms with van der Waals surface area (Å²) in [6, 6.07) is 14.4. The Labute approximate surface area is 166 Å². The van der Waals surface area contributed by atoms with Gasteiger partial charge < -0.3 is 20.7 Å². The summed E-state index contributed by atoms with van der Waals surface area (Å²) in [7, 11) is 0. The Kier molecular flexibility index (Phi) is 7.53. The fourth-order valence-corrected chi connectivity index (χ4v) is 2.90. The van der Waals surface area contributed by atoms with E-state index in [1.165, 1.54) is 10.8 Å². The predicted molar refractivity (Wildman–Crippen MR) is 114 cm³/mol. The minimum atomic E-state index is 0.176. The molecule has 1 amide bonds. The maximum absolute atomic E-state index is 11.6. The lowest BCUT2D eigenvalue weighted by Gasteiger charge is -2.12. The van der Waals surface area contributed by atoms with Gasteiger partial charge in [-0.2, -0.15) is 0 Å². The Bertz CT molecular complexity index is 802. The first-order valence-corrected chi connectivity index (χ1v) is 10.2. The number of guanidine groups is 1. The highest BCUT2D eigenvalue weighted by atomic mass is 16.5. The van der Waals surface area contributed by atoms with Gasteiger partial charge in [0.2, 0.25) is 5.91 Å². The van der Waals surface area contributed by atoms with Crippen LogP contribution in [0.5, 0.6) is 5.75 Å². The van der Waals surface area contributed by atoms with Crippen LogP contribution in [0, 0.1) is 5.92 Å². The monoisotopic (exact) mass is 382 g/mol. The number of rotatable bonds is 10. The standard InChI is InChI=1S/C22H30N4O2/c1-2-23-22(26-14-13-24-21(27)18-8-9-18)25-12-5-15-28-20-11-10-17-6-3-4-7-19(17)16-20/h3-4,6-7,10-11,16,18H,2,5,8-9,12-15H2,1H3,(H,24,27)(H2,23,25,26). The van der Waals surface area contributed by atoms with Crippen molar-refractivity contribution in [1.29, 1.82) is 0 Å². The molecule has 1 aliphatic rings. The molecule has 6 heteroatoms. The lowest BCUT2D eigenvalue weighted by atomic mass is 10.1. The lowest BCUT2D eigenvalue weighted by molar-refractivity contribution is -0.122. The van der Waals surface area contributed by atoms with E-state index < -0.39 is 0 Å². The fraction of sp³-hybridized carbons (Fsp3) is 0.455. The molecular formula is C22H30N4O2. The van der Waals surface area contributed by atoms with E-state index in [2.05, 4.69) is 45.2 Å². The van der Waals surface area contributed by atoms with Gasteiger partial charge in [0.1, 0.15) is 5.75 Å². The van der Waals surface area contributed by atoms with Crippen LogP contribution in [0.4, 0.5) is 0 Å². The Morgan fingerprint density at radius 3 is 2.64 bits per heavy atom. The van der Waals surface area contributed by atoms with Crippen molar-refractivity contribution in [3.63, 3.8) is 0 Å². The second kappa shape index (κ2) is 10.5. The van der Waals surface area contributed by atoms with E-state index in [-0.39, 0.29) is 11.8 Å². The van der Waals surface area contributed by atoms with Crippen LogP contribution in [0.1, 0.15) is 26.2 Å². The fourth-order valence-electron chi connectivity index (χ4n) is 2.90. The highest BCUT2D eigenvalue weighted by Crippen LogP contribution is 2.28. The van der Waals surface area contributed by atoms with Crippen LogP contribution >= 0.6 is 0 Å². The first kappa shape index (κ1) is 20.0. The summed E-state index contributed by atoms with van der Waals surface area (Å²) in [5.74, 6) is 2.09. The van der Waals surface area contributed by atoms with E-state index in [0.717, 1.165) is 37.5 Å². The summed E-state index contributed by atoms with van der Waals surface area (Å²) < 4.78 is 5.85. The zero-order valence-corrected chi connectivity index (χ0v) is 16.5. The second-order valence-electron chi connectivity index (χ2n) is 6.96. The molecule has 0 aliphatic heterocycles. The van der Waals surface area contributed by atoms with E-state index in [9.17, 15) is 4.79 Å². The SMILES string of the molecule is CCNC(=NCCCOc1ccc2ccccc2c1)NCCNC(=O)C1CC1. The first-order chi connectivity index (χ1) is 13.8. The maximum atomic E-state index is 11.6. The van der Waals surface area contributed by atoms with Gasteiger partial charge in [-0.3, -0.25) is 9.79 Å². The third-order valence-electron chi connectivity index (χ3n) is 4.57. The molecule has 2 aromatic carbocycles. The highest BCUT2D eigenvalue weighted by molar-refractivity contribution is 5.83. The topological polar surface area (TPSA) is 74.8 Å². The van der Waals surface area contributed by atoms with Crippen molar-refractivity contribution in [3.05, 3.63) is 42.5 Å². The normalized spacial score (nSPS) is 14.0. The number of hydrogen-bond donors (Lipinski definition) is 3. The van der Waals surface area contributed by atoms with Crippen molar-refractivity contribution < 1.29 is 9.53 Å². The molecule has 0 aromatic heterocycles. The van der Waals surface area contributed by atoms with Crippen LogP contribution in [0.2, 0.25) is 0 Å². The van der Waals surface area contributed by atoms with E-state index >= 15 is 0 Å². The van der Waals surface area contributed by atoms with E-state index in [0.29, 0.717) is 26.2 Å². The molecule has 1 saturated carbocycles. The van der Waals surface area contributed by atoms with Gasteiger partial charge in [-0.25, -0.2) is 0 Å². The van der Waals surface area contributed by atoms with Crippen molar-refractivity contribution in [1.82, 2.24) is 16.0 Å². The van der Waals surface area contributed by atoms with E-state index in [4.69, 9.17) is 4.74 Å². The number of amides is 1. The van der Waals surface area contributed by atoms with Gasteiger partial charge in [-0.1, -0.05) is 30.3 Å². The summed E-state index contributed by atoms with van der Waals surface area (Å²) in [6.45, 7) is 5.42. The van der Waals surface area contributed by atoms with Crippen molar-refractivity contribution in [2.75, 3.05) is 32.8 Å². The second-order valence-corrected chi connectivity index (χ2v) is 6.96. The number of carbonyl (C=O) groups is 1. The number of aliphatic imine (C=N–C) groups is 1. The largest absolute Gasteiger partial charge is 0.494 e. The van der Waals surface area contributed by atoms with Gasteiger partial charge in [-0.05, 0) is 42.7 Å². The minimum absolute atomic E-state index is 0.176. The molecule has 3 N–H and O–H groups in total. The van der Waals surface area contributed by atoms with Crippen molar-refractivity contribution in [3.8, 4) is 5.75 Å². The smallest absolute Gasteiger partial charge is 0.223 e. The average Bonchev–Trinajstić information content (AvgIpc) is 3.56. The Morgan fingerprint density at radius 1 is 1.07 bits per heavy atom. The molecule has 0 unspecified atom stereocenters. The Morgan fingerprint density at radius 2 is 1.86 bits per heavy atom. The van der Waals surface area contributed by atoms with Gasteiger partial charge >= 0.3 is 0 Å². The molecule has 2 aromatic rings. The van der Waals surface area contributed by atoms with Gasteiger partial charge in [0.15, 0.2) is 5.96 Å². The third kappa shape index (κ3) is 6.44. The summed E-state index contributed by atoms with van der Waals surface area (Å²) in [4.78, 5) is 16.2. The van der Waals surface area contributed by atoms with Crippen molar-refractivity contribution in [2.45, 2.75) is 26.2 Å². The predicted octanol–water partition coefficient (Wildman–Crippen LogP) is 2.69. The van der Waals surface area contributed by atoms with Crippen molar-refractivity contribution in [2.24, 2.45) is 10.9 Å². The average molecular weight is 383 g/mol. The Hall–Kier alpha value is -2.76. The minimum Gasteiger partial charge on any atom is -0.494 e. The molecule has 0 atom stereocenters.